The molecule has 1 aliphatic carbocycles. The summed E-state index contributed by atoms with van der Waals surface area (Å²) in [5.74, 6) is 0.139. The lowest BCUT2D eigenvalue weighted by Crippen LogP contribution is -2.17. The fraction of sp³-hybridized carbons (Fsp3) is 0.455. The van der Waals surface area contributed by atoms with Gasteiger partial charge in [0.15, 0.2) is 0 Å². The Bertz CT molecular complexity index is 381. The van der Waals surface area contributed by atoms with Crippen molar-refractivity contribution in [2.24, 2.45) is 5.92 Å². The van der Waals surface area contributed by atoms with Gasteiger partial charge in [0, 0.05) is 12.0 Å². The fourth-order valence-corrected chi connectivity index (χ4v) is 2.36. The molecular weight excluding hydrogens is 235 g/mol. The summed E-state index contributed by atoms with van der Waals surface area (Å²) in [6.45, 7) is 0.136. The summed E-state index contributed by atoms with van der Waals surface area (Å²) < 4.78 is 0. The van der Waals surface area contributed by atoms with E-state index in [0.29, 0.717) is 10.0 Å². The Hall–Kier alpha value is -0.280. The van der Waals surface area contributed by atoms with Crippen molar-refractivity contribution in [1.29, 1.82) is 0 Å². The Kier molecular flexibility index (Phi) is 2.95. The molecule has 0 heterocycles. The highest BCUT2D eigenvalue weighted by molar-refractivity contribution is 6.42. The number of aliphatic hydroxyl groups excluding tert-OH is 2. The summed E-state index contributed by atoms with van der Waals surface area (Å²) in [5, 5.41) is 19.5. The molecule has 2 nitrogen and oxygen atoms in total. The predicted octanol–water partition coefficient (Wildman–Crippen LogP) is 2.24. The third-order valence-electron chi connectivity index (χ3n) is 3.23. The van der Waals surface area contributed by atoms with Crippen molar-refractivity contribution in [2.75, 3.05) is 13.2 Å². The van der Waals surface area contributed by atoms with Crippen LogP contribution in [0.5, 0.6) is 0 Å². The molecule has 2 rings (SSSR count). The van der Waals surface area contributed by atoms with Crippen LogP contribution in [0, 0.1) is 5.92 Å². The van der Waals surface area contributed by atoms with E-state index >= 15 is 0 Å². The zero-order valence-corrected chi connectivity index (χ0v) is 9.59. The van der Waals surface area contributed by atoms with Crippen LogP contribution >= 0.6 is 23.2 Å². The highest BCUT2D eigenvalue weighted by atomic mass is 35.5. The summed E-state index contributed by atoms with van der Waals surface area (Å²) in [5.41, 5.74) is 0.654. The molecule has 1 aromatic carbocycles. The van der Waals surface area contributed by atoms with Crippen LogP contribution in [0.25, 0.3) is 0 Å². The van der Waals surface area contributed by atoms with Crippen LogP contribution in [0.15, 0.2) is 18.2 Å². The zero-order valence-electron chi connectivity index (χ0n) is 8.08. The van der Waals surface area contributed by atoms with Crippen LogP contribution in [-0.2, 0) is 5.41 Å². The van der Waals surface area contributed by atoms with Crippen LogP contribution in [0.3, 0.4) is 0 Å². The van der Waals surface area contributed by atoms with Crippen LogP contribution in [0.2, 0.25) is 10.0 Å². The number of halogens is 2. The second kappa shape index (κ2) is 3.95. The van der Waals surface area contributed by atoms with Gasteiger partial charge in [0.2, 0.25) is 0 Å². The van der Waals surface area contributed by atoms with Gasteiger partial charge in [0.25, 0.3) is 0 Å². The summed E-state index contributed by atoms with van der Waals surface area (Å²) in [7, 11) is 0. The van der Waals surface area contributed by atoms with E-state index in [1.54, 1.807) is 12.1 Å². The lowest BCUT2D eigenvalue weighted by Gasteiger charge is -2.15. The van der Waals surface area contributed by atoms with Gasteiger partial charge in [-0.15, -0.1) is 0 Å². The maximum Gasteiger partial charge on any atom is 0.0595 e. The van der Waals surface area contributed by atoms with Crippen molar-refractivity contribution in [3.05, 3.63) is 33.8 Å². The Balaban J connectivity index is 2.33. The third-order valence-corrected chi connectivity index (χ3v) is 3.97. The maximum atomic E-state index is 9.38. The first-order valence-corrected chi connectivity index (χ1v) is 5.57. The molecule has 2 N–H and O–H groups in total. The molecule has 0 aromatic heterocycles. The first-order valence-electron chi connectivity index (χ1n) is 4.81. The minimum atomic E-state index is -0.303. The number of rotatable bonds is 3. The van der Waals surface area contributed by atoms with E-state index in [1.807, 2.05) is 6.07 Å². The van der Waals surface area contributed by atoms with Gasteiger partial charge in [-0.05, 0) is 30.0 Å². The summed E-state index contributed by atoms with van der Waals surface area (Å²) >= 11 is 11.7. The molecule has 2 atom stereocenters. The van der Waals surface area contributed by atoms with Crippen LogP contribution < -0.4 is 0 Å². The average Bonchev–Trinajstić information content (AvgIpc) is 2.97. The number of aliphatic hydroxyl groups is 2. The second-order valence-electron chi connectivity index (χ2n) is 4.03. The summed E-state index contributed by atoms with van der Waals surface area (Å²) in [6, 6.07) is 5.36. The van der Waals surface area contributed by atoms with Crippen LogP contribution in [0.1, 0.15) is 12.0 Å². The maximum absolute atomic E-state index is 9.38. The quantitative estimate of drug-likeness (QED) is 0.859. The normalized spacial score (nSPS) is 29.2. The van der Waals surface area contributed by atoms with E-state index in [4.69, 9.17) is 28.3 Å². The zero-order chi connectivity index (χ0) is 11.1. The van der Waals surface area contributed by atoms with E-state index in [1.165, 1.54) is 0 Å². The molecule has 0 unspecified atom stereocenters. The van der Waals surface area contributed by atoms with E-state index in [-0.39, 0.29) is 24.5 Å². The molecule has 1 saturated carbocycles. The van der Waals surface area contributed by atoms with Crippen molar-refractivity contribution in [2.45, 2.75) is 11.8 Å². The van der Waals surface area contributed by atoms with Crippen molar-refractivity contribution in [3.8, 4) is 0 Å². The van der Waals surface area contributed by atoms with E-state index in [2.05, 4.69) is 0 Å². The molecule has 0 spiro atoms. The SMILES string of the molecule is OC[C@H]1C[C@]1(CO)c1ccc(Cl)c(Cl)c1. The standard InChI is InChI=1S/C11H12Cl2O2/c12-9-2-1-7(3-10(9)13)11(6-15)4-8(11)5-14/h1-3,8,14-15H,4-6H2/t8-,11+/m1/s1. The number of hydrogen-bond donors (Lipinski definition) is 2. The minimum absolute atomic E-state index is 0.0379. The Morgan fingerprint density at radius 1 is 1.27 bits per heavy atom. The highest BCUT2D eigenvalue weighted by Crippen LogP contribution is 2.54. The summed E-state index contributed by atoms with van der Waals surface area (Å²) in [6.07, 6.45) is 0.804. The Morgan fingerprint density at radius 2 is 2.00 bits per heavy atom. The molecule has 0 bridgehead atoms. The smallest absolute Gasteiger partial charge is 0.0595 e. The molecule has 4 heteroatoms. The third kappa shape index (κ3) is 1.76. The molecule has 1 aliphatic rings. The number of benzene rings is 1. The first-order chi connectivity index (χ1) is 7.14. The first kappa shape index (κ1) is 11.2. The largest absolute Gasteiger partial charge is 0.396 e. The van der Waals surface area contributed by atoms with Crippen molar-refractivity contribution >= 4 is 23.2 Å². The molecular formula is C11H12Cl2O2. The van der Waals surface area contributed by atoms with E-state index in [0.717, 1.165) is 12.0 Å². The molecule has 0 amide bonds. The molecule has 0 aliphatic heterocycles. The number of hydrogen-bond acceptors (Lipinski definition) is 2. The second-order valence-corrected chi connectivity index (χ2v) is 4.84. The van der Waals surface area contributed by atoms with Crippen molar-refractivity contribution in [3.63, 3.8) is 0 Å². The minimum Gasteiger partial charge on any atom is -0.396 e. The van der Waals surface area contributed by atoms with Crippen molar-refractivity contribution in [1.82, 2.24) is 0 Å². The van der Waals surface area contributed by atoms with Gasteiger partial charge in [-0.3, -0.25) is 0 Å². The molecule has 0 radical (unpaired) electrons. The van der Waals surface area contributed by atoms with E-state index in [9.17, 15) is 5.11 Å². The van der Waals surface area contributed by atoms with Gasteiger partial charge in [-0.2, -0.15) is 0 Å². The monoisotopic (exact) mass is 246 g/mol. The molecule has 1 fully saturated rings. The van der Waals surface area contributed by atoms with Gasteiger partial charge in [0.1, 0.15) is 0 Å². The van der Waals surface area contributed by atoms with Gasteiger partial charge in [0.05, 0.1) is 16.7 Å². The topological polar surface area (TPSA) is 40.5 Å². The van der Waals surface area contributed by atoms with E-state index < -0.39 is 0 Å². The predicted molar refractivity (Wildman–Crippen MR) is 60.4 cm³/mol. The molecule has 1 aromatic rings. The molecule has 0 saturated heterocycles. The Morgan fingerprint density at radius 3 is 2.47 bits per heavy atom. The van der Waals surface area contributed by atoms with Gasteiger partial charge in [-0.25, -0.2) is 0 Å². The summed E-state index contributed by atoms with van der Waals surface area (Å²) in [4.78, 5) is 0. The van der Waals surface area contributed by atoms with Crippen molar-refractivity contribution < 1.29 is 10.2 Å². The van der Waals surface area contributed by atoms with Crippen LogP contribution in [-0.4, -0.2) is 23.4 Å². The lowest BCUT2D eigenvalue weighted by atomic mass is 9.94. The van der Waals surface area contributed by atoms with Gasteiger partial charge in [-0.1, -0.05) is 29.3 Å². The van der Waals surface area contributed by atoms with Crippen LogP contribution in [0.4, 0.5) is 0 Å². The van der Waals surface area contributed by atoms with Gasteiger partial charge >= 0.3 is 0 Å². The lowest BCUT2D eigenvalue weighted by molar-refractivity contribution is 0.213. The Labute approximate surface area is 98.4 Å². The highest BCUT2D eigenvalue weighted by Gasteiger charge is 2.54. The molecule has 15 heavy (non-hydrogen) atoms. The average molecular weight is 247 g/mol. The fourth-order valence-electron chi connectivity index (χ4n) is 2.06. The van der Waals surface area contributed by atoms with Gasteiger partial charge < -0.3 is 10.2 Å². The molecule has 82 valence electrons.